The Labute approximate surface area is 171 Å². The Bertz CT molecular complexity index is 889. The molecule has 7 nitrogen and oxygen atoms in total. The Morgan fingerprint density at radius 3 is 2.57 bits per heavy atom. The van der Waals surface area contributed by atoms with Gasteiger partial charge in [0.25, 0.3) is 5.91 Å². The maximum Gasteiger partial charge on any atom is 0.393 e. The standard InChI is InChI=1S/C20H23F3N4O3/c21-20(22,23)15-10-26(8-12(15)6-24)7-11-2-1-3-13-14(11)9-27(19(13)30)16-4-5-17(28)25-18(16)29/h1-3,12,15-16H,4-10,24H2,(H,25,28,29). The number of carbonyl (C=O) groups is 3. The lowest BCUT2D eigenvalue weighted by molar-refractivity contribution is -0.179. The van der Waals surface area contributed by atoms with Crippen molar-refractivity contribution in [2.75, 3.05) is 19.6 Å². The minimum atomic E-state index is -4.30. The van der Waals surface area contributed by atoms with E-state index in [2.05, 4.69) is 5.32 Å². The predicted molar refractivity (Wildman–Crippen MR) is 99.9 cm³/mol. The van der Waals surface area contributed by atoms with Crippen molar-refractivity contribution in [2.45, 2.75) is 38.1 Å². The minimum absolute atomic E-state index is 0.0324. The maximum absolute atomic E-state index is 13.3. The summed E-state index contributed by atoms with van der Waals surface area (Å²) in [5.41, 5.74) is 7.53. The van der Waals surface area contributed by atoms with Gasteiger partial charge in [-0.2, -0.15) is 13.2 Å². The number of hydrogen-bond acceptors (Lipinski definition) is 5. The maximum atomic E-state index is 13.3. The lowest BCUT2D eigenvalue weighted by atomic mass is 9.96. The molecule has 4 rings (SSSR count). The van der Waals surface area contributed by atoms with Gasteiger partial charge >= 0.3 is 6.18 Å². The highest BCUT2D eigenvalue weighted by Gasteiger charge is 2.49. The Morgan fingerprint density at radius 2 is 1.93 bits per heavy atom. The molecule has 3 N–H and O–H groups in total. The van der Waals surface area contributed by atoms with E-state index in [-0.39, 0.29) is 57.4 Å². The number of carbonyl (C=O) groups excluding carboxylic acids is 3. The Hall–Kier alpha value is -2.46. The second-order valence-electron chi connectivity index (χ2n) is 8.18. The zero-order valence-corrected chi connectivity index (χ0v) is 16.2. The number of piperidine rings is 1. The Kier molecular flexibility index (Phi) is 5.31. The van der Waals surface area contributed by atoms with Gasteiger partial charge in [0.1, 0.15) is 6.04 Å². The van der Waals surface area contributed by atoms with E-state index in [4.69, 9.17) is 5.73 Å². The van der Waals surface area contributed by atoms with Gasteiger partial charge in [0.05, 0.1) is 5.92 Å². The molecule has 0 aromatic heterocycles. The number of nitrogens with one attached hydrogen (secondary N) is 1. The largest absolute Gasteiger partial charge is 0.393 e. The molecule has 3 amide bonds. The van der Waals surface area contributed by atoms with Crippen molar-refractivity contribution in [3.8, 4) is 0 Å². The van der Waals surface area contributed by atoms with E-state index in [1.165, 1.54) is 4.90 Å². The van der Waals surface area contributed by atoms with E-state index in [0.717, 1.165) is 11.1 Å². The van der Waals surface area contributed by atoms with Crippen LogP contribution in [-0.2, 0) is 22.7 Å². The van der Waals surface area contributed by atoms with Crippen LogP contribution in [0.1, 0.15) is 34.3 Å². The van der Waals surface area contributed by atoms with Crippen molar-refractivity contribution in [2.24, 2.45) is 17.6 Å². The molecule has 30 heavy (non-hydrogen) atoms. The molecule has 3 heterocycles. The summed E-state index contributed by atoms with van der Waals surface area (Å²) in [7, 11) is 0. The summed E-state index contributed by atoms with van der Waals surface area (Å²) in [6.07, 6.45) is -3.87. The van der Waals surface area contributed by atoms with E-state index in [0.29, 0.717) is 5.56 Å². The summed E-state index contributed by atoms with van der Waals surface area (Å²) in [4.78, 5) is 39.6. The van der Waals surface area contributed by atoms with Crippen LogP contribution in [0.5, 0.6) is 0 Å². The smallest absolute Gasteiger partial charge is 0.330 e. The van der Waals surface area contributed by atoms with Gasteiger partial charge in [-0.15, -0.1) is 0 Å². The average Bonchev–Trinajstić information content (AvgIpc) is 3.24. The van der Waals surface area contributed by atoms with Gasteiger partial charge in [-0.1, -0.05) is 12.1 Å². The molecule has 2 fully saturated rings. The summed E-state index contributed by atoms with van der Waals surface area (Å²) in [5.74, 6) is -3.25. The number of hydrogen-bond donors (Lipinski definition) is 2. The molecule has 10 heteroatoms. The molecule has 3 aliphatic rings. The van der Waals surface area contributed by atoms with Crippen molar-refractivity contribution < 1.29 is 27.6 Å². The third-order valence-corrected chi connectivity index (χ3v) is 6.31. The fraction of sp³-hybridized carbons (Fsp3) is 0.550. The van der Waals surface area contributed by atoms with Crippen molar-refractivity contribution in [3.05, 3.63) is 34.9 Å². The van der Waals surface area contributed by atoms with Crippen LogP contribution >= 0.6 is 0 Å². The second-order valence-corrected chi connectivity index (χ2v) is 8.18. The number of fused-ring (bicyclic) bond motifs is 1. The highest BCUT2D eigenvalue weighted by Crippen LogP contribution is 2.38. The molecule has 1 aromatic rings. The van der Waals surface area contributed by atoms with E-state index in [9.17, 15) is 27.6 Å². The van der Waals surface area contributed by atoms with Gasteiger partial charge in [-0.25, -0.2) is 0 Å². The van der Waals surface area contributed by atoms with Gasteiger partial charge < -0.3 is 10.6 Å². The van der Waals surface area contributed by atoms with Crippen LogP contribution < -0.4 is 11.1 Å². The van der Waals surface area contributed by atoms with Crippen LogP contribution in [0.25, 0.3) is 0 Å². The number of likely N-dealkylation sites (tertiary alicyclic amines) is 1. The van der Waals surface area contributed by atoms with Crippen LogP contribution in [-0.4, -0.2) is 59.4 Å². The second kappa shape index (κ2) is 7.66. The van der Waals surface area contributed by atoms with Crippen LogP contribution in [0.15, 0.2) is 18.2 Å². The third-order valence-electron chi connectivity index (χ3n) is 6.31. The number of imide groups is 1. The molecule has 3 unspecified atom stereocenters. The highest BCUT2D eigenvalue weighted by atomic mass is 19.4. The zero-order valence-electron chi connectivity index (χ0n) is 16.2. The van der Waals surface area contributed by atoms with Crippen molar-refractivity contribution in [3.63, 3.8) is 0 Å². The van der Waals surface area contributed by atoms with Crippen LogP contribution in [0.2, 0.25) is 0 Å². The zero-order chi connectivity index (χ0) is 21.6. The molecule has 0 spiro atoms. The summed E-state index contributed by atoms with van der Waals surface area (Å²) in [6, 6.07) is 4.45. The SMILES string of the molecule is NCC1CN(Cc2cccc3c2CN(C2CCC(=O)NC2=O)C3=O)CC1C(F)(F)F. The van der Waals surface area contributed by atoms with Crippen LogP contribution in [0, 0.1) is 11.8 Å². The normalized spacial score (nSPS) is 27.5. The molecule has 0 radical (unpaired) electrons. The first-order valence-electron chi connectivity index (χ1n) is 9.93. The van der Waals surface area contributed by atoms with Crippen LogP contribution in [0.4, 0.5) is 13.2 Å². The Balaban J connectivity index is 1.52. The van der Waals surface area contributed by atoms with Crippen molar-refractivity contribution in [1.29, 1.82) is 0 Å². The van der Waals surface area contributed by atoms with E-state index in [1.54, 1.807) is 23.1 Å². The monoisotopic (exact) mass is 424 g/mol. The molecule has 3 atom stereocenters. The van der Waals surface area contributed by atoms with Gasteiger partial charge in [0.15, 0.2) is 0 Å². The summed E-state index contributed by atoms with van der Waals surface area (Å²) in [6.45, 7) is 0.570. The first kappa shape index (κ1) is 20.8. The van der Waals surface area contributed by atoms with E-state index >= 15 is 0 Å². The van der Waals surface area contributed by atoms with Gasteiger partial charge in [-0.05, 0) is 36.1 Å². The molecular weight excluding hydrogens is 401 g/mol. The lowest BCUT2D eigenvalue weighted by Crippen LogP contribution is -2.52. The molecule has 0 saturated carbocycles. The van der Waals surface area contributed by atoms with Crippen LogP contribution in [0.3, 0.4) is 0 Å². The topological polar surface area (TPSA) is 95.7 Å². The fourth-order valence-corrected chi connectivity index (χ4v) is 4.74. The lowest BCUT2D eigenvalue weighted by Gasteiger charge is -2.29. The summed E-state index contributed by atoms with van der Waals surface area (Å²) < 4.78 is 39.9. The Morgan fingerprint density at radius 1 is 1.17 bits per heavy atom. The number of halogens is 3. The molecule has 0 aliphatic carbocycles. The van der Waals surface area contributed by atoms with E-state index in [1.807, 2.05) is 0 Å². The summed E-state index contributed by atoms with van der Waals surface area (Å²) >= 11 is 0. The number of alkyl halides is 3. The molecule has 1 aromatic carbocycles. The summed E-state index contributed by atoms with van der Waals surface area (Å²) in [5, 5.41) is 2.26. The fourth-order valence-electron chi connectivity index (χ4n) is 4.74. The van der Waals surface area contributed by atoms with Crippen molar-refractivity contribution in [1.82, 2.24) is 15.1 Å². The van der Waals surface area contributed by atoms with Gasteiger partial charge in [0, 0.05) is 38.2 Å². The quantitative estimate of drug-likeness (QED) is 0.704. The number of amides is 3. The molecular formula is C20H23F3N4O3. The first-order chi connectivity index (χ1) is 14.2. The first-order valence-corrected chi connectivity index (χ1v) is 9.93. The molecule has 162 valence electrons. The molecule has 3 aliphatic heterocycles. The highest BCUT2D eigenvalue weighted by molar-refractivity contribution is 6.05. The van der Waals surface area contributed by atoms with Gasteiger partial charge in [0.2, 0.25) is 11.8 Å². The predicted octanol–water partition coefficient (Wildman–Crippen LogP) is 1.02. The van der Waals surface area contributed by atoms with Gasteiger partial charge in [-0.3, -0.25) is 24.6 Å². The molecule has 0 bridgehead atoms. The van der Waals surface area contributed by atoms with E-state index < -0.39 is 30.0 Å². The number of rotatable bonds is 4. The molecule has 2 saturated heterocycles. The minimum Gasteiger partial charge on any atom is -0.330 e. The number of nitrogens with zero attached hydrogens (tertiary/aromatic N) is 2. The number of benzene rings is 1. The number of nitrogens with two attached hydrogens (primary N) is 1. The van der Waals surface area contributed by atoms with Crippen molar-refractivity contribution >= 4 is 17.7 Å². The average molecular weight is 424 g/mol. The third kappa shape index (κ3) is 3.69.